The maximum Gasteiger partial charge on any atom is 0.289 e. The summed E-state index contributed by atoms with van der Waals surface area (Å²) in [5.74, 6) is -2.07. The van der Waals surface area contributed by atoms with Crippen molar-refractivity contribution in [2.75, 3.05) is 11.9 Å². The van der Waals surface area contributed by atoms with Crippen LogP contribution in [0, 0.1) is 10.1 Å². The van der Waals surface area contributed by atoms with E-state index in [4.69, 9.17) is 0 Å². The van der Waals surface area contributed by atoms with E-state index in [9.17, 15) is 34.1 Å². The maximum atomic E-state index is 12.4. The van der Waals surface area contributed by atoms with Crippen LogP contribution in [-0.2, 0) is 14.4 Å². The van der Waals surface area contributed by atoms with Crippen molar-refractivity contribution in [3.63, 3.8) is 0 Å². The van der Waals surface area contributed by atoms with E-state index >= 15 is 0 Å². The van der Waals surface area contributed by atoms with Crippen LogP contribution >= 0.6 is 23.5 Å². The lowest BCUT2D eigenvalue weighted by molar-refractivity contribution is -0.384. The first-order chi connectivity index (χ1) is 12.8. The SMILES string of the molecule is O=C(CN1C(=O)S[C@H]([C@@H]2SC(=O)NC2=O)C1=O)Nc1ccc([N+](=O)[O-])cc1. The standard InChI is InChI=1S/C14H10N4O7S2/c19-8(15-6-1-3-7(4-2-6)18(24)25)5-17-12(21)10(27-14(17)23)9-11(20)16-13(22)26-9/h1-4,9-10H,5H2,(H,15,19)(H,16,20,22)/t9-,10+/m0/s1. The molecule has 2 N–H and O–H groups in total. The van der Waals surface area contributed by atoms with E-state index in [1.807, 2.05) is 5.32 Å². The van der Waals surface area contributed by atoms with Crippen LogP contribution in [0.2, 0.25) is 0 Å². The summed E-state index contributed by atoms with van der Waals surface area (Å²) < 4.78 is 0. The highest BCUT2D eigenvalue weighted by molar-refractivity contribution is 8.19. The average Bonchev–Trinajstić information content (AvgIpc) is 3.08. The lowest BCUT2D eigenvalue weighted by Crippen LogP contribution is -2.42. The number of nitrogens with zero attached hydrogens (tertiary/aromatic N) is 2. The van der Waals surface area contributed by atoms with Gasteiger partial charge in [0.05, 0.1) is 4.92 Å². The number of carbonyl (C=O) groups excluding carboxylic acids is 5. The Bertz CT molecular complexity index is 873. The minimum atomic E-state index is -1.08. The van der Waals surface area contributed by atoms with Crippen LogP contribution in [-0.4, -0.2) is 55.1 Å². The van der Waals surface area contributed by atoms with Crippen molar-refractivity contribution in [2.45, 2.75) is 10.5 Å². The molecule has 2 atom stereocenters. The summed E-state index contributed by atoms with van der Waals surface area (Å²) in [5, 5.41) is 11.7. The average molecular weight is 410 g/mol. The van der Waals surface area contributed by atoms with Gasteiger partial charge in [-0.1, -0.05) is 0 Å². The van der Waals surface area contributed by atoms with Gasteiger partial charge >= 0.3 is 0 Å². The Kier molecular flexibility index (Phi) is 5.14. The largest absolute Gasteiger partial charge is 0.325 e. The fourth-order valence-electron chi connectivity index (χ4n) is 2.38. The number of benzene rings is 1. The number of nitro groups is 1. The van der Waals surface area contributed by atoms with Crippen LogP contribution in [0.5, 0.6) is 0 Å². The Morgan fingerprint density at radius 2 is 1.81 bits per heavy atom. The number of carbonyl (C=O) groups is 5. The molecular formula is C14H10N4O7S2. The van der Waals surface area contributed by atoms with E-state index < -0.39 is 50.2 Å². The topological polar surface area (TPSA) is 156 Å². The van der Waals surface area contributed by atoms with Crippen molar-refractivity contribution in [3.05, 3.63) is 34.4 Å². The minimum Gasteiger partial charge on any atom is -0.325 e. The molecule has 5 amide bonds. The maximum absolute atomic E-state index is 12.4. The van der Waals surface area contributed by atoms with E-state index in [-0.39, 0.29) is 11.4 Å². The highest BCUT2D eigenvalue weighted by Gasteiger charge is 2.50. The summed E-state index contributed by atoms with van der Waals surface area (Å²) in [6, 6.07) is 5.01. The molecular weight excluding hydrogens is 400 g/mol. The monoisotopic (exact) mass is 410 g/mol. The molecule has 0 unspecified atom stereocenters. The predicted octanol–water partition coefficient (Wildman–Crippen LogP) is 0.949. The van der Waals surface area contributed by atoms with Crippen molar-refractivity contribution in [1.29, 1.82) is 0 Å². The number of amides is 5. The first-order valence-corrected chi connectivity index (χ1v) is 9.10. The highest BCUT2D eigenvalue weighted by atomic mass is 32.2. The number of hydrogen-bond acceptors (Lipinski definition) is 9. The summed E-state index contributed by atoms with van der Waals surface area (Å²) in [6.45, 7) is -0.578. The van der Waals surface area contributed by atoms with E-state index in [0.29, 0.717) is 28.4 Å². The van der Waals surface area contributed by atoms with Crippen molar-refractivity contribution in [1.82, 2.24) is 10.2 Å². The smallest absolute Gasteiger partial charge is 0.289 e. The Hall–Kier alpha value is -2.93. The van der Waals surface area contributed by atoms with Crippen molar-refractivity contribution < 1.29 is 28.9 Å². The first kappa shape index (κ1) is 18.8. The highest BCUT2D eigenvalue weighted by Crippen LogP contribution is 2.36. The van der Waals surface area contributed by atoms with Crippen molar-refractivity contribution in [3.8, 4) is 0 Å². The molecule has 0 aromatic heterocycles. The zero-order valence-corrected chi connectivity index (χ0v) is 14.9. The van der Waals surface area contributed by atoms with Crippen LogP contribution in [0.15, 0.2) is 24.3 Å². The van der Waals surface area contributed by atoms with E-state index in [1.165, 1.54) is 24.3 Å². The second-order valence-corrected chi connectivity index (χ2v) is 7.60. The number of nitrogens with one attached hydrogen (secondary N) is 2. The van der Waals surface area contributed by atoms with Crippen LogP contribution in [0.3, 0.4) is 0 Å². The molecule has 2 aliphatic heterocycles. The molecule has 2 fully saturated rings. The van der Waals surface area contributed by atoms with Gasteiger partial charge in [-0.05, 0) is 35.7 Å². The lowest BCUT2D eigenvalue weighted by atomic mass is 10.2. The van der Waals surface area contributed by atoms with Gasteiger partial charge in [0.25, 0.3) is 16.2 Å². The number of thioether (sulfide) groups is 2. The molecule has 0 aliphatic carbocycles. The van der Waals surface area contributed by atoms with E-state index in [2.05, 4.69) is 5.32 Å². The fourth-order valence-corrected chi connectivity index (χ4v) is 4.48. The Labute approximate surface area is 159 Å². The Morgan fingerprint density at radius 3 is 2.37 bits per heavy atom. The second-order valence-electron chi connectivity index (χ2n) is 5.40. The third-order valence-corrected chi connectivity index (χ3v) is 5.99. The first-order valence-electron chi connectivity index (χ1n) is 7.34. The molecule has 0 saturated carbocycles. The molecule has 3 rings (SSSR count). The van der Waals surface area contributed by atoms with Gasteiger partial charge < -0.3 is 5.32 Å². The molecule has 0 bridgehead atoms. The van der Waals surface area contributed by atoms with Crippen molar-refractivity contribution in [2.24, 2.45) is 0 Å². The molecule has 13 heteroatoms. The molecule has 11 nitrogen and oxygen atoms in total. The van der Waals surface area contributed by atoms with Gasteiger partial charge in [-0.15, -0.1) is 0 Å². The quantitative estimate of drug-likeness (QED) is 0.533. The summed E-state index contributed by atoms with van der Waals surface area (Å²) in [6.07, 6.45) is 0. The van der Waals surface area contributed by atoms with Crippen LogP contribution in [0.25, 0.3) is 0 Å². The molecule has 0 radical (unpaired) electrons. The number of non-ortho nitro benzene ring substituents is 1. The number of imide groups is 2. The third-order valence-electron chi connectivity index (χ3n) is 3.61. The predicted molar refractivity (Wildman–Crippen MR) is 95.1 cm³/mol. The van der Waals surface area contributed by atoms with Crippen LogP contribution in [0.4, 0.5) is 21.0 Å². The summed E-state index contributed by atoms with van der Waals surface area (Å²) in [4.78, 5) is 70.2. The van der Waals surface area contributed by atoms with E-state index in [1.54, 1.807) is 0 Å². The second kappa shape index (κ2) is 7.36. The normalized spacial score (nSPS) is 22.1. The summed E-state index contributed by atoms with van der Waals surface area (Å²) in [7, 11) is 0. The lowest BCUT2D eigenvalue weighted by Gasteiger charge is -2.14. The Balaban J connectivity index is 1.63. The number of nitro benzene ring substituents is 1. The van der Waals surface area contributed by atoms with Crippen molar-refractivity contribution >= 4 is 63.1 Å². The van der Waals surface area contributed by atoms with Crippen LogP contribution < -0.4 is 10.6 Å². The van der Waals surface area contributed by atoms with Gasteiger partial charge in [0, 0.05) is 17.8 Å². The molecule has 2 aliphatic rings. The molecule has 1 aromatic rings. The fraction of sp³-hybridized carbons (Fsp3) is 0.214. The van der Waals surface area contributed by atoms with Gasteiger partial charge in [-0.3, -0.25) is 44.3 Å². The van der Waals surface area contributed by atoms with Gasteiger partial charge in [0.1, 0.15) is 17.0 Å². The Morgan fingerprint density at radius 1 is 1.15 bits per heavy atom. The molecule has 1 aromatic carbocycles. The summed E-state index contributed by atoms with van der Waals surface area (Å²) >= 11 is 1.22. The molecule has 2 heterocycles. The molecule has 2 saturated heterocycles. The molecule has 0 spiro atoms. The van der Waals surface area contributed by atoms with E-state index in [0.717, 1.165) is 0 Å². The van der Waals surface area contributed by atoms with Gasteiger partial charge in [-0.2, -0.15) is 0 Å². The van der Waals surface area contributed by atoms with Crippen LogP contribution in [0.1, 0.15) is 0 Å². The van der Waals surface area contributed by atoms with Gasteiger partial charge in [-0.25, -0.2) is 0 Å². The van der Waals surface area contributed by atoms with Gasteiger partial charge in [0.15, 0.2) is 0 Å². The minimum absolute atomic E-state index is 0.154. The molecule has 140 valence electrons. The van der Waals surface area contributed by atoms with Gasteiger partial charge in [0.2, 0.25) is 17.7 Å². The zero-order valence-electron chi connectivity index (χ0n) is 13.2. The zero-order chi connectivity index (χ0) is 19.7. The number of rotatable bonds is 5. The molecule has 27 heavy (non-hydrogen) atoms. The summed E-state index contributed by atoms with van der Waals surface area (Å²) in [5.41, 5.74) is 0.101. The number of hydrogen-bond donors (Lipinski definition) is 2. The number of anilines is 1. The third kappa shape index (κ3) is 3.93.